The van der Waals surface area contributed by atoms with Crippen molar-refractivity contribution in [3.05, 3.63) is 55.8 Å². The smallest absolute Gasteiger partial charge is 0.330 e. The normalized spacial score (nSPS) is 10.6. The van der Waals surface area contributed by atoms with E-state index >= 15 is 0 Å². The van der Waals surface area contributed by atoms with Gasteiger partial charge in [0.1, 0.15) is 5.75 Å². The number of anilines is 1. The van der Waals surface area contributed by atoms with Gasteiger partial charge in [0, 0.05) is 30.9 Å². The van der Waals surface area contributed by atoms with Crippen molar-refractivity contribution >= 4 is 17.3 Å². The van der Waals surface area contributed by atoms with Crippen molar-refractivity contribution in [1.29, 1.82) is 0 Å². The molecule has 0 saturated heterocycles. The summed E-state index contributed by atoms with van der Waals surface area (Å²) in [6.45, 7) is 2.93. The fraction of sp³-hybridized carbons (Fsp3) is 0.375. The summed E-state index contributed by atoms with van der Waals surface area (Å²) in [7, 11) is 3.08. The maximum absolute atomic E-state index is 11.9. The average Bonchev–Trinajstić information content (AvgIpc) is 2.54. The Morgan fingerprint density at radius 2 is 1.91 bits per heavy atom. The number of halogens is 1. The van der Waals surface area contributed by atoms with Gasteiger partial charge in [0.2, 0.25) is 0 Å². The zero-order valence-electron chi connectivity index (χ0n) is 13.4. The van der Waals surface area contributed by atoms with E-state index in [4.69, 9.17) is 16.3 Å². The van der Waals surface area contributed by atoms with Crippen molar-refractivity contribution in [2.75, 3.05) is 11.9 Å². The van der Waals surface area contributed by atoms with E-state index < -0.39 is 0 Å². The Kier molecular flexibility index (Phi) is 5.50. The molecular formula is C16H20ClN3O3. The van der Waals surface area contributed by atoms with Crippen LogP contribution in [0.2, 0.25) is 5.02 Å². The first-order valence-corrected chi connectivity index (χ1v) is 7.74. The van der Waals surface area contributed by atoms with Crippen LogP contribution in [0.4, 0.5) is 5.69 Å². The van der Waals surface area contributed by atoms with Crippen LogP contribution >= 0.6 is 11.6 Å². The summed E-state index contributed by atoms with van der Waals surface area (Å²) < 4.78 is 8.18. The molecule has 0 spiro atoms. The number of ether oxygens (including phenoxy) is 1. The summed E-state index contributed by atoms with van der Waals surface area (Å²) in [5.74, 6) is 0.685. The van der Waals surface area contributed by atoms with Gasteiger partial charge >= 0.3 is 5.69 Å². The van der Waals surface area contributed by atoms with Gasteiger partial charge in [0.15, 0.2) is 0 Å². The lowest BCUT2D eigenvalue weighted by molar-refractivity contribution is 0.319. The minimum atomic E-state index is -0.358. The number of rotatable bonds is 6. The molecule has 6 nitrogen and oxygen atoms in total. The van der Waals surface area contributed by atoms with E-state index in [1.165, 1.54) is 17.7 Å². The van der Waals surface area contributed by atoms with Gasteiger partial charge in [0.05, 0.1) is 18.8 Å². The van der Waals surface area contributed by atoms with E-state index in [-0.39, 0.29) is 11.2 Å². The highest BCUT2D eigenvalue weighted by Gasteiger charge is 2.08. The van der Waals surface area contributed by atoms with E-state index in [2.05, 4.69) is 5.32 Å². The maximum Gasteiger partial charge on any atom is 0.330 e. The highest BCUT2D eigenvalue weighted by atomic mass is 35.5. The van der Waals surface area contributed by atoms with Crippen molar-refractivity contribution in [3.63, 3.8) is 0 Å². The molecule has 7 heteroatoms. The largest absolute Gasteiger partial charge is 0.491 e. The maximum atomic E-state index is 11.9. The van der Waals surface area contributed by atoms with Crippen LogP contribution in [-0.2, 0) is 20.6 Å². The first-order chi connectivity index (χ1) is 10.9. The molecule has 23 heavy (non-hydrogen) atoms. The number of hydrogen-bond acceptors (Lipinski definition) is 4. The van der Waals surface area contributed by atoms with E-state index in [9.17, 15) is 9.59 Å². The van der Waals surface area contributed by atoms with Gasteiger partial charge < -0.3 is 10.1 Å². The predicted octanol–water partition coefficient (Wildman–Crippen LogP) is 2.14. The van der Waals surface area contributed by atoms with Crippen LogP contribution in [-0.4, -0.2) is 15.7 Å². The first kappa shape index (κ1) is 17.1. The molecule has 0 aliphatic rings. The van der Waals surface area contributed by atoms with Gasteiger partial charge in [-0.25, -0.2) is 4.79 Å². The van der Waals surface area contributed by atoms with E-state index in [1.54, 1.807) is 25.2 Å². The Morgan fingerprint density at radius 3 is 2.61 bits per heavy atom. The number of benzene rings is 1. The number of nitrogens with zero attached hydrogens (tertiary/aromatic N) is 2. The standard InChI is InChI=1S/C16H20ClN3O3/c1-4-7-23-14-6-5-11(17)8-13(14)18-10-12-9-15(21)20(3)16(22)19(12)2/h5-6,8-9,18H,4,7,10H2,1-3H3. The Balaban J connectivity index is 2.26. The molecule has 1 aromatic heterocycles. The topological polar surface area (TPSA) is 65.3 Å². The lowest BCUT2D eigenvalue weighted by Crippen LogP contribution is -2.38. The lowest BCUT2D eigenvalue weighted by atomic mass is 10.2. The number of hydrogen-bond donors (Lipinski definition) is 1. The summed E-state index contributed by atoms with van der Waals surface area (Å²) in [4.78, 5) is 23.7. The van der Waals surface area contributed by atoms with Gasteiger partial charge in [0.25, 0.3) is 5.56 Å². The van der Waals surface area contributed by atoms with Crippen LogP contribution in [0, 0.1) is 0 Å². The molecule has 0 radical (unpaired) electrons. The summed E-state index contributed by atoms with van der Waals surface area (Å²) >= 11 is 6.03. The van der Waals surface area contributed by atoms with Crippen LogP contribution in [0.1, 0.15) is 19.0 Å². The van der Waals surface area contributed by atoms with Gasteiger partial charge in [-0.2, -0.15) is 0 Å². The Morgan fingerprint density at radius 1 is 1.17 bits per heavy atom. The van der Waals surface area contributed by atoms with Crippen LogP contribution in [0.5, 0.6) is 5.75 Å². The number of aromatic nitrogens is 2. The van der Waals surface area contributed by atoms with Crippen LogP contribution in [0.15, 0.2) is 33.9 Å². The molecule has 0 amide bonds. The molecule has 2 aromatic rings. The molecule has 0 unspecified atom stereocenters. The highest BCUT2D eigenvalue weighted by molar-refractivity contribution is 6.30. The zero-order valence-corrected chi connectivity index (χ0v) is 14.2. The summed E-state index contributed by atoms with van der Waals surface area (Å²) in [6, 6.07) is 6.74. The van der Waals surface area contributed by atoms with E-state index in [0.29, 0.717) is 29.6 Å². The molecule has 1 aromatic carbocycles. The van der Waals surface area contributed by atoms with Crippen molar-refractivity contribution in [3.8, 4) is 5.75 Å². The Bertz CT molecular complexity index is 811. The summed E-state index contributed by atoms with van der Waals surface area (Å²) in [6.07, 6.45) is 0.894. The first-order valence-electron chi connectivity index (χ1n) is 7.36. The molecule has 0 saturated carbocycles. The third-order valence-corrected chi connectivity index (χ3v) is 3.72. The van der Waals surface area contributed by atoms with Crippen molar-refractivity contribution in [2.24, 2.45) is 14.1 Å². The van der Waals surface area contributed by atoms with Crippen LogP contribution in [0.25, 0.3) is 0 Å². The quantitative estimate of drug-likeness (QED) is 0.877. The van der Waals surface area contributed by atoms with Crippen molar-refractivity contribution in [2.45, 2.75) is 19.9 Å². The molecule has 124 valence electrons. The van der Waals surface area contributed by atoms with Crippen LogP contribution in [0.3, 0.4) is 0 Å². The van der Waals surface area contributed by atoms with Gasteiger partial charge in [-0.05, 0) is 24.6 Å². The lowest BCUT2D eigenvalue weighted by Gasteiger charge is -2.15. The second kappa shape index (κ2) is 7.37. The molecule has 0 fully saturated rings. The zero-order chi connectivity index (χ0) is 17.0. The average molecular weight is 338 g/mol. The highest BCUT2D eigenvalue weighted by Crippen LogP contribution is 2.28. The van der Waals surface area contributed by atoms with Gasteiger partial charge in [-0.15, -0.1) is 0 Å². The van der Waals surface area contributed by atoms with Gasteiger partial charge in [-0.3, -0.25) is 13.9 Å². The predicted molar refractivity (Wildman–Crippen MR) is 91.5 cm³/mol. The fourth-order valence-electron chi connectivity index (χ4n) is 2.11. The Labute approximate surface area is 139 Å². The molecule has 2 rings (SSSR count). The third-order valence-electron chi connectivity index (χ3n) is 3.49. The number of nitrogens with one attached hydrogen (secondary N) is 1. The van der Waals surface area contributed by atoms with Gasteiger partial charge in [-0.1, -0.05) is 18.5 Å². The second-order valence-corrected chi connectivity index (χ2v) is 5.65. The molecular weight excluding hydrogens is 318 g/mol. The third kappa shape index (κ3) is 3.96. The SMILES string of the molecule is CCCOc1ccc(Cl)cc1NCc1cc(=O)n(C)c(=O)n1C. The molecule has 1 N–H and O–H groups in total. The Hall–Kier alpha value is -2.21. The van der Waals surface area contributed by atoms with E-state index in [0.717, 1.165) is 16.7 Å². The second-order valence-electron chi connectivity index (χ2n) is 5.22. The minimum absolute atomic E-state index is 0.310. The monoisotopic (exact) mass is 337 g/mol. The van der Waals surface area contributed by atoms with Crippen molar-refractivity contribution in [1.82, 2.24) is 9.13 Å². The van der Waals surface area contributed by atoms with Crippen LogP contribution < -0.4 is 21.3 Å². The molecule has 0 atom stereocenters. The minimum Gasteiger partial charge on any atom is -0.491 e. The molecule has 1 heterocycles. The molecule has 0 aliphatic carbocycles. The molecule has 0 aliphatic heterocycles. The summed E-state index contributed by atoms with van der Waals surface area (Å²) in [5, 5.41) is 3.75. The molecule has 0 bridgehead atoms. The van der Waals surface area contributed by atoms with Crippen molar-refractivity contribution < 1.29 is 4.74 Å². The van der Waals surface area contributed by atoms with E-state index in [1.807, 2.05) is 6.92 Å². The summed E-state index contributed by atoms with van der Waals surface area (Å²) in [5.41, 5.74) is 0.611. The fourth-order valence-corrected chi connectivity index (χ4v) is 2.28.